The molecule has 1 aliphatic carbocycles. The maximum atomic E-state index is 4.63. The smallest absolute Gasteiger partial charge is 0.172 e. The van der Waals surface area contributed by atoms with Crippen LogP contribution in [0.3, 0.4) is 0 Å². The van der Waals surface area contributed by atoms with Gasteiger partial charge < -0.3 is 10.3 Å². The van der Waals surface area contributed by atoms with Crippen LogP contribution in [0, 0.1) is 18.8 Å². The van der Waals surface area contributed by atoms with Gasteiger partial charge in [0.25, 0.3) is 0 Å². The van der Waals surface area contributed by atoms with E-state index in [1.165, 1.54) is 0 Å². The van der Waals surface area contributed by atoms with Crippen molar-refractivity contribution in [2.75, 3.05) is 6.61 Å². The Kier molecular flexibility index (Phi) is 2.31. The minimum atomic E-state index is 0.302. The third-order valence-corrected chi connectivity index (χ3v) is 0.773. The van der Waals surface area contributed by atoms with Crippen LogP contribution in [-0.2, 0) is 4.84 Å². The van der Waals surface area contributed by atoms with Crippen LogP contribution in [0.4, 0.5) is 0 Å². The highest BCUT2D eigenvalue weighted by atomic mass is 16.6. The van der Waals surface area contributed by atoms with Crippen molar-refractivity contribution in [3.8, 4) is 11.8 Å². The lowest BCUT2D eigenvalue weighted by Crippen LogP contribution is -1.84. The SMILES string of the molecule is [CH2+]CO[N-]C1=C=C=CC#C1. The Labute approximate surface area is 59.8 Å². The second-order valence-corrected chi connectivity index (χ2v) is 1.46. The molecule has 0 aromatic carbocycles. The third-order valence-electron chi connectivity index (χ3n) is 0.773. The third kappa shape index (κ3) is 1.78. The molecule has 0 fully saturated rings. The molecule has 0 N–H and O–H groups in total. The highest BCUT2D eigenvalue weighted by molar-refractivity contribution is 5.39. The summed E-state index contributed by atoms with van der Waals surface area (Å²) in [6.07, 6.45) is 1.57. The van der Waals surface area contributed by atoms with Crippen LogP contribution in [-0.4, -0.2) is 6.61 Å². The van der Waals surface area contributed by atoms with Gasteiger partial charge in [-0.2, -0.15) is 0 Å². The summed E-state index contributed by atoms with van der Waals surface area (Å²) in [5.41, 5.74) is 9.39. The van der Waals surface area contributed by atoms with Crippen molar-refractivity contribution < 1.29 is 4.84 Å². The molecule has 0 unspecified atom stereocenters. The summed E-state index contributed by atoms with van der Waals surface area (Å²) < 4.78 is 0. The molecule has 2 heteroatoms. The van der Waals surface area contributed by atoms with Gasteiger partial charge in [0.05, 0.1) is 6.92 Å². The first-order chi connectivity index (χ1) is 4.93. The van der Waals surface area contributed by atoms with Crippen molar-refractivity contribution in [1.82, 2.24) is 0 Å². The second kappa shape index (κ2) is 3.50. The predicted octanol–water partition coefficient (Wildman–Crippen LogP) is 1.34. The molecular weight excluding hydrogens is 126 g/mol. The molecular formula is C8H5NO. The number of allylic oxidation sites excluding steroid dienone is 2. The first-order valence-corrected chi connectivity index (χ1v) is 2.77. The summed E-state index contributed by atoms with van der Waals surface area (Å²) >= 11 is 0. The molecule has 10 heavy (non-hydrogen) atoms. The largest absolute Gasteiger partial charge is 0.544 e. The number of hydrogen-bond donors (Lipinski definition) is 0. The molecule has 0 radical (unpaired) electrons. The molecule has 0 atom stereocenters. The molecule has 0 amide bonds. The van der Waals surface area contributed by atoms with Crippen LogP contribution < -0.4 is 0 Å². The predicted molar refractivity (Wildman–Crippen MR) is 37.6 cm³/mol. The maximum absolute atomic E-state index is 4.63. The monoisotopic (exact) mass is 131 g/mol. The van der Waals surface area contributed by atoms with Gasteiger partial charge in [0.1, 0.15) is 0 Å². The molecule has 0 aliphatic heterocycles. The molecule has 0 saturated carbocycles. The van der Waals surface area contributed by atoms with Crippen molar-refractivity contribution >= 4 is 0 Å². The summed E-state index contributed by atoms with van der Waals surface area (Å²) in [7, 11) is 0. The van der Waals surface area contributed by atoms with Crippen LogP contribution in [0.2, 0.25) is 0 Å². The van der Waals surface area contributed by atoms with E-state index in [1.54, 1.807) is 6.08 Å². The highest BCUT2D eigenvalue weighted by Crippen LogP contribution is 2.02. The van der Waals surface area contributed by atoms with E-state index in [4.69, 9.17) is 0 Å². The van der Waals surface area contributed by atoms with Gasteiger partial charge in [0.2, 0.25) is 0 Å². The Balaban J connectivity index is 2.52. The fourth-order valence-corrected chi connectivity index (χ4v) is 0.432. The van der Waals surface area contributed by atoms with Gasteiger partial charge in [0, 0.05) is 6.08 Å². The van der Waals surface area contributed by atoms with Gasteiger partial charge in [-0.25, -0.2) is 0 Å². The van der Waals surface area contributed by atoms with Gasteiger partial charge in [-0.05, 0) is 5.70 Å². The van der Waals surface area contributed by atoms with Crippen molar-refractivity contribution in [3.63, 3.8) is 0 Å². The topological polar surface area (TPSA) is 23.3 Å². The van der Waals surface area contributed by atoms with Crippen LogP contribution in [0.25, 0.3) is 5.48 Å². The standard InChI is InChI=1S/C8H5NO/c1-2-10-9-8-6-4-3-5-7-8/h3H,1-2H2. The van der Waals surface area contributed by atoms with Gasteiger partial charge >= 0.3 is 0 Å². The zero-order valence-corrected chi connectivity index (χ0v) is 5.35. The Hall–Kier alpha value is -1.51. The summed E-state index contributed by atoms with van der Waals surface area (Å²) in [5.74, 6) is 5.34. The first kappa shape index (κ1) is 6.61. The van der Waals surface area contributed by atoms with Gasteiger partial charge in [-0.1, -0.05) is 23.3 Å². The molecule has 0 aromatic heterocycles. The van der Waals surface area contributed by atoms with E-state index in [1.807, 2.05) is 0 Å². The first-order valence-electron chi connectivity index (χ1n) is 2.77. The minimum Gasteiger partial charge on any atom is -0.544 e. The zero-order valence-electron chi connectivity index (χ0n) is 5.35. The van der Waals surface area contributed by atoms with Crippen molar-refractivity contribution in [2.45, 2.75) is 0 Å². The lowest BCUT2D eigenvalue weighted by atomic mass is 10.4. The van der Waals surface area contributed by atoms with Crippen LogP contribution in [0.15, 0.2) is 23.2 Å². The zero-order chi connectivity index (χ0) is 7.23. The fraction of sp³-hybridized carbons (Fsp3) is 0.125. The van der Waals surface area contributed by atoms with Crippen LogP contribution in [0.1, 0.15) is 0 Å². The maximum Gasteiger partial charge on any atom is 0.172 e. The molecule has 0 aromatic rings. The molecule has 2 nitrogen and oxygen atoms in total. The van der Waals surface area contributed by atoms with Crippen molar-refractivity contribution in [1.29, 1.82) is 0 Å². The summed E-state index contributed by atoms with van der Waals surface area (Å²) in [6.45, 7) is 3.74. The Morgan fingerprint density at radius 3 is 3.20 bits per heavy atom. The minimum absolute atomic E-state index is 0.302. The number of rotatable bonds is 3. The van der Waals surface area contributed by atoms with Crippen LogP contribution >= 0.6 is 0 Å². The molecule has 1 aliphatic rings. The summed E-state index contributed by atoms with van der Waals surface area (Å²) in [5, 5.41) is 0. The normalized spacial score (nSPS) is 11.8. The molecule has 1 rings (SSSR count). The van der Waals surface area contributed by atoms with E-state index in [-0.39, 0.29) is 0 Å². The van der Waals surface area contributed by atoms with Gasteiger partial charge in [0.15, 0.2) is 6.61 Å². The Morgan fingerprint density at radius 2 is 2.60 bits per heavy atom. The second-order valence-electron chi connectivity index (χ2n) is 1.46. The van der Waals surface area contributed by atoms with E-state index >= 15 is 0 Å². The van der Waals surface area contributed by atoms with Crippen molar-refractivity contribution in [3.05, 3.63) is 35.6 Å². The van der Waals surface area contributed by atoms with Crippen molar-refractivity contribution in [2.24, 2.45) is 0 Å². The average Bonchev–Trinajstić information content (AvgIpc) is 2.03. The molecule has 0 spiro atoms. The van der Waals surface area contributed by atoms with E-state index < -0.39 is 0 Å². The lowest BCUT2D eigenvalue weighted by Gasteiger charge is -2.15. The summed E-state index contributed by atoms with van der Waals surface area (Å²) in [6, 6.07) is 0. The fourth-order valence-electron chi connectivity index (χ4n) is 0.432. The highest BCUT2D eigenvalue weighted by Gasteiger charge is 1.76. The van der Waals surface area contributed by atoms with E-state index in [0.717, 1.165) is 0 Å². The Bertz CT molecular complexity index is 267. The molecule has 0 bridgehead atoms. The molecule has 0 saturated heterocycles. The van der Waals surface area contributed by atoms with Crippen LogP contribution in [0.5, 0.6) is 0 Å². The molecule has 48 valence electrons. The number of hydroxylamine groups is 1. The average molecular weight is 131 g/mol. The van der Waals surface area contributed by atoms with E-state index in [0.29, 0.717) is 12.3 Å². The number of nitrogens with zero attached hydrogens (tertiary/aromatic N) is 1. The van der Waals surface area contributed by atoms with Gasteiger partial charge in [-0.15, -0.1) is 0 Å². The molecule has 0 heterocycles. The van der Waals surface area contributed by atoms with Gasteiger partial charge in [-0.3, -0.25) is 0 Å². The quantitative estimate of drug-likeness (QED) is 0.245. The summed E-state index contributed by atoms with van der Waals surface area (Å²) in [4.78, 5) is 4.63. The number of hydrogen-bond acceptors (Lipinski definition) is 1. The van der Waals surface area contributed by atoms with E-state index in [2.05, 4.69) is 40.5 Å². The Morgan fingerprint density at radius 1 is 1.70 bits per heavy atom. The van der Waals surface area contributed by atoms with E-state index in [9.17, 15) is 0 Å². The lowest BCUT2D eigenvalue weighted by molar-refractivity contribution is 0.258.